The van der Waals surface area contributed by atoms with E-state index in [1.54, 1.807) is 4.68 Å². The average molecular weight is 237 g/mol. The molecule has 1 heterocycles. The lowest BCUT2D eigenvalue weighted by Crippen LogP contribution is -2.15. The van der Waals surface area contributed by atoms with E-state index in [1.165, 1.54) is 19.3 Å². The third kappa shape index (κ3) is 2.73. The fraction of sp³-hybridized carbons (Fsp3) is 0.769. The van der Waals surface area contributed by atoms with Gasteiger partial charge >= 0.3 is 0 Å². The average Bonchev–Trinajstić information content (AvgIpc) is 2.49. The minimum Gasteiger partial charge on any atom is -0.476 e. The van der Waals surface area contributed by atoms with Gasteiger partial charge in [-0.05, 0) is 18.8 Å². The first kappa shape index (κ1) is 12.3. The molecule has 0 spiro atoms. The van der Waals surface area contributed by atoms with E-state index in [9.17, 15) is 0 Å². The van der Waals surface area contributed by atoms with Gasteiger partial charge in [-0.1, -0.05) is 32.6 Å². The maximum absolute atomic E-state index is 6.05. The molecule has 2 N–H and O–H groups in total. The predicted molar refractivity (Wildman–Crippen MR) is 69.1 cm³/mol. The molecule has 17 heavy (non-hydrogen) atoms. The van der Waals surface area contributed by atoms with Crippen molar-refractivity contribution in [2.45, 2.75) is 45.4 Å². The van der Waals surface area contributed by atoms with E-state index in [1.807, 2.05) is 7.05 Å². The molecule has 1 fully saturated rings. The molecule has 0 aliphatic heterocycles. The third-order valence-corrected chi connectivity index (χ3v) is 3.58. The second-order valence-corrected chi connectivity index (χ2v) is 4.97. The monoisotopic (exact) mass is 237 g/mol. The molecule has 0 atom stereocenters. The molecule has 1 aliphatic rings. The smallest absolute Gasteiger partial charge is 0.235 e. The number of nitrogen functional groups attached to an aromatic ring is 1. The number of rotatable bonds is 6. The first-order valence-electron chi connectivity index (χ1n) is 6.66. The molecule has 0 saturated heterocycles. The molecule has 0 bridgehead atoms. The van der Waals surface area contributed by atoms with Crippen LogP contribution in [0.15, 0.2) is 0 Å². The lowest BCUT2D eigenvalue weighted by molar-refractivity contribution is 0.212. The molecule has 1 saturated carbocycles. The van der Waals surface area contributed by atoms with Crippen molar-refractivity contribution in [1.29, 1.82) is 0 Å². The van der Waals surface area contributed by atoms with Crippen molar-refractivity contribution in [3.8, 4) is 5.88 Å². The lowest BCUT2D eigenvalue weighted by atomic mass is 9.83. The Balaban J connectivity index is 1.89. The van der Waals surface area contributed by atoms with Crippen molar-refractivity contribution in [3.63, 3.8) is 0 Å². The zero-order chi connectivity index (χ0) is 12.3. The molecule has 1 aromatic rings. The van der Waals surface area contributed by atoms with Gasteiger partial charge in [0, 0.05) is 7.05 Å². The number of nitrogens with two attached hydrogens (primary N) is 1. The number of nitrogens with zero attached hydrogens (tertiary/aromatic N) is 2. The van der Waals surface area contributed by atoms with Crippen LogP contribution < -0.4 is 10.5 Å². The Morgan fingerprint density at radius 3 is 2.82 bits per heavy atom. The van der Waals surface area contributed by atoms with Gasteiger partial charge in [-0.2, -0.15) is 5.10 Å². The first-order valence-corrected chi connectivity index (χ1v) is 6.66. The SMILES string of the molecule is CCCc1nn(C)c(OCCC2CCC2)c1N. The van der Waals surface area contributed by atoms with Gasteiger partial charge in [-0.3, -0.25) is 0 Å². The maximum atomic E-state index is 6.05. The summed E-state index contributed by atoms with van der Waals surface area (Å²) in [5.41, 5.74) is 7.74. The van der Waals surface area contributed by atoms with E-state index in [4.69, 9.17) is 10.5 Å². The highest BCUT2D eigenvalue weighted by molar-refractivity contribution is 5.53. The fourth-order valence-electron chi connectivity index (χ4n) is 2.27. The minimum absolute atomic E-state index is 0.725. The zero-order valence-electron chi connectivity index (χ0n) is 10.9. The number of hydrogen-bond donors (Lipinski definition) is 1. The van der Waals surface area contributed by atoms with Crippen LogP contribution in [0.3, 0.4) is 0 Å². The standard InChI is InChI=1S/C13H23N3O/c1-3-5-11-12(14)13(16(2)15-11)17-9-8-10-6-4-7-10/h10H,3-9,14H2,1-2H3. The number of ether oxygens (including phenoxy) is 1. The quantitative estimate of drug-likeness (QED) is 0.827. The van der Waals surface area contributed by atoms with Gasteiger partial charge in [0.1, 0.15) is 5.69 Å². The van der Waals surface area contributed by atoms with Crippen LogP contribution in [0, 0.1) is 5.92 Å². The second-order valence-electron chi connectivity index (χ2n) is 4.97. The molecule has 1 aromatic heterocycles. The summed E-state index contributed by atoms with van der Waals surface area (Å²) in [6, 6.07) is 0. The number of aryl methyl sites for hydroxylation is 2. The molecule has 0 amide bonds. The molecule has 0 unspecified atom stereocenters. The number of anilines is 1. The number of hydrogen-bond acceptors (Lipinski definition) is 3. The molecule has 4 nitrogen and oxygen atoms in total. The lowest BCUT2D eigenvalue weighted by Gasteiger charge is -2.24. The summed E-state index contributed by atoms with van der Waals surface area (Å²) in [4.78, 5) is 0. The van der Waals surface area contributed by atoms with Crippen LogP contribution in [-0.4, -0.2) is 16.4 Å². The van der Waals surface area contributed by atoms with E-state index < -0.39 is 0 Å². The highest BCUT2D eigenvalue weighted by atomic mass is 16.5. The van der Waals surface area contributed by atoms with Crippen LogP contribution >= 0.6 is 0 Å². The molecule has 0 aromatic carbocycles. The highest BCUT2D eigenvalue weighted by Gasteiger charge is 2.18. The first-order chi connectivity index (χ1) is 8.22. The van der Waals surface area contributed by atoms with E-state index in [-0.39, 0.29) is 0 Å². The van der Waals surface area contributed by atoms with Crippen LogP contribution in [-0.2, 0) is 13.5 Å². The van der Waals surface area contributed by atoms with Crippen LogP contribution in [0.4, 0.5) is 5.69 Å². The molecular formula is C13H23N3O. The van der Waals surface area contributed by atoms with E-state index in [2.05, 4.69) is 12.0 Å². The van der Waals surface area contributed by atoms with Crippen molar-refractivity contribution < 1.29 is 4.74 Å². The Bertz CT molecular complexity index is 369. The van der Waals surface area contributed by atoms with Crippen LogP contribution in [0.5, 0.6) is 5.88 Å². The summed E-state index contributed by atoms with van der Waals surface area (Å²) < 4.78 is 7.54. The van der Waals surface area contributed by atoms with Gasteiger partial charge in [0.05, 0.1) is 12.3 Å². The van der Waals surface area contributed by atoms with Crippen LogP contribution in [0.1, 0.15) is 44.7 Å². The zero-order valence-corrected chi connectivity index (χ0v) is 10.9. The van der Waals surface area contributed by atoms with Gasteiger partial charge in [-0.15, -0.1) is 0 Å². The summed E-state index contributed by atoms with van der Waals surface area (Å²) in [6.07, 6.45) is 7.25. The van der Waals surface area contributed by atoms with Crippen molar-refractivity contribution in [2.75, 3.05) is 12.3 Å². The molecule has 2 rings (SSSR count). The van der Waals surface area contributed by atoms with Crippen molar-refractivity contribution in [1.82, 2.24) is 9.78 Å². The van der Waals surface area contributed by atoms with Crippen molar-refractivity contribution >= 4 is 5.69 Å². The van der Waals surface area contributed by atoms with Crippen LogP contribution in [0.2, 0.25) is 0 Å². The van der Waals surface area contributed by atoms with E-state index in [0.29, 0.717) is 0 Å². The fourth-order valence-corrected chi connectivity index (χ4v) is 2.27. The summed E-state index contributed by atoms with van der Waals surface area (Å²) in [7, 11) is 1.90. The minimum atomic E-state index is 0.725. The topological polar surface area (TPSA) is 53.1 Å². The Morgan fingerprint density at radius 2 is 2.24 bits per heavy atom. The molecule has 0 radical (unpaired) electrons. The third-order valence-electron chi connectivity index (χ3n) is 3.58. The van der Waals surface area contributed by atoms with Crippen molar-refractivity contribution in [3.05, 3.63) is 5.69 Å². The Labute approximate surface area is 103 Å². The summed E-state index contributed by atoms with van der Waals surface area (Å²) >= 11 is 0. The Kier molecular flexibility index (Phi) is 3.92. The van der Waals surface area contributed by atoms with Gasteiger partial charge in [-0.25, -0.2) is 4.68 Å². The Hall–Kier alpha value is -1.19. The van der Waals surface area contributed by atoms with E-state index in [0.717, 1.165) is 49.0 Å². The second kappa shape index (κ2) is 5.43. The van der Waals surface area contributed by atoms with Gasteiger partial charge in [0.15, 0.2) is 0 Å². The van der Waals surface area contributed by atoms with Gasteiger partial charge < -0.3 is 10.5 Å². The largest absolute Gasteiger partial charge is 0.476 e. The van der Waals surface area contributed by atoms with E-state index >= 15 is 0 Å². The predicted octanol–water partition coefficient (Wildman–Crippen LogP) is 2.52. The Morgan fingerprint density at radius 1 is 1.47 bits per heavy atom. The molecular weight excluding hydrogens is 214 g/mol. The summed E-state index contributed by atoms with van der Waals surface area (Å²) in [6.45, 7) is 2.89. The molecule has 4 heteroatoms. The molecule has 1 aliphatic carbocycles. The summed E-state index contributed by atoms with van der Waals surface area (Å²) in [5, 5.41) is 4.40. The number of aromatic nitrogens is 2. The van der Waals surface area contributed by atoms with Gasteiger partial charge in [0.2, 0.25) is 5.88 Å². The highest BCUT2D eigenvalue weighted by Crippen LogP contribution is 2.30. The van der Waals surface area contributed by atoms with Crippen LogP contribution in [0.25, 0.3) is 0 Å². The normalized spacial score (nSPS) is 15.9. The summed E-state index contributed by atoms with van der Waals surface area (Å²) in [5.74, 6) is 1.62. The van der Waals surface area contributed by atoms with Gasteiger partial charge in [0.25, 0.3) is 0 Å². The maximum Gasteiger partial charge on any atom is 0.235 e. The van der Waals surface area contributed by atoms with Crippen molar-refractivity contribution in [2.24, 2.45) is 13.0 Å². The molecule has 96 valence electrons.